The highest BCUT2D eigenvalue weighted by Gasteiger charge is 2.34. The van der Waals surface area contributed by atoms with Gasteiger partial charge in [-0.05, 0) is 57.3 Å². The molecule has 0 aliphatic carbocycles. The van der Waals surface area contributed by atoms with Crippen molar-refractivity contribution in [3.8, 4) is 0 Å². The molecule has 1 aromatic heterocycles. The first-order chi connectivity index (χ1) is 13.5. The molecule has 0 fully saturated rings. The van der Waals surface area contributed by atoms with Crippen LogP contribution in [0, 0.1) is 0 Å². The summed E-state index contributed by atoms with van der Waals surface area (Å²) in [7, 11) is 0. The van der Waals surface area contributed by atoms with Gasteiger partial charge in [-0.3, -0.25) is 19.3 Å². The molecule has 156 valence electrons. The van der Waals surface area contributed by atoms with Crippen molar-refractivity contribution in [2.45, 2.75) is 52.6 Å². The van der Waals surface area contributed by atoms with Crippen LogP contribution < -0.4 is 21.7 Å². The van der Waals surface area contributed by atoms with Gasteiger partial charge in [0.25, 0.3) is 11.8 Å². The lowest BCUT2D eigenvalue weighted by Gasteiger charge is -2.32. The molecule has 8 nitrogen and oxygen atoms in total. The summed E-state index contributed by atoms with van der Waals surface area (Å²) < 4.78 is 3.91. The Kier molecular flexibility index (Phi) is 6.63. The molecule has 9 heteroatoms. The first kappa shape index (κ1) is 22.4. The van der Waals surface area contributed by atoms with E-state index in [9.17, 15) is 14.4 Å². The highest BCUT2D eigenvalue weighted by molar-refractivity contribution is 7.09. The van der Waals surface area contributed by atoms with Crippen LogP contribution in [-0.4, -0.2) is 33.7 Å². The van der Waals surface area contributed by atoms with Gasteiger partial charge in [-0.1, -0.05) is 25.1 Å². The molecule has 1 atom stereocenters. The number of benzene rings is 1. The quantitative estimate of drug-likeness (QED) is 0.664. The predicted molar refractivity (Wildman–Crippen MR) is 115 cm³/mol. The number of amides is 3. The minimum absolute atomic E-state index is 0.0696. The summed E-state index contributed by atoms with van der Waals surface area (Å²) in [4.78, 5) is 39.3. The molecule has 5 N–H and O–H groups in total. The fraction of sp³-hybridized carbons (Fsp3) is 0.400. The number of para-hydroxylation sites is 1. The maximum absolute atomic E-state index is 13.5. The molecule has 0 aliphatic heterocycles. The summed E-state index contributed by atoms with van der Waals surface area (Å²) >= 11 is 0.793. The zero-order valence-electron chi connectivity index (χ0n) is 17.3. The zero-order chi connectivity index (χ0) is 21.9. The van der Waals surface area contributed by atoms with Crippen LogP contribution >= 0.6 is 11.5 Å². The fourth-order valence-electron chi connectivity index (χ4n) is 2.87. The van der Waals surface area contributed by atoms with Crippen LogP contribution in [0.2, 0.25) is 0 Å². The van der Waals surface area contributed by atoms with Gasteiger partial charge in [0.15, 0.2) is 5.69 Å². The van der Waals surface area contributed by atoms with Gasteiger partial charge in [-0.15, -0.1) is 0 Å². The smallest absolute Gasteiger partial charge is 0.272 e. The SMILES string of the molecule is CCc1ccccc1N(C(=O)c1snc(C(N)=O)c1N)[C@H](C)C(=O)NC(C)(C)C. The summed E-state index contributed by atoms with van der Waals surface area (Å²) in [5.74, 6) is -1.63. The lowest BCUT2D eigenvalue weighted by Crippen LogP contribution is -2.53. The van der Waals surface area contributed by atoms with Gasteiger partial charge in [-0.2, -0.15) is 4.37 Å². The first-order valence-corrected chi connectivity index (χ1v) is 10.0. The molecule has 29 heavy (non-hydrogen) atoms. The Balaban J connectivity index is 2.57. The van der Waals surface area contributed by atoms with E-state index in [4.69, 9.17) is 11.5 Å². The van der Waals surface area contributed by atoms with Gasteiger partial charge in [-0.25, -0.2) is 0 Å². The number of carbonyl (C=O) groups is 3. The van der Waals surface area contributed by atoms with E-state index >= 15 is 0 Å². The van der Waals surface area contributed by atoms with Gasteiger partial charge >= 0.3 is 0 Å². The molecule has 0 aliphatic rings. The van der Waals surface area contributed by atoms with E-state index in [-0.39, 0.29) is 22.2 Å². The van der Waals surface area contributed by atoms with Crippen molar-refractivity contribution in [1.29, 1.82) is 0 Å². The molecule has 0 spiro atoms. The number of hydrogen-bond acceptors (Lipinski definition) is 6. The van der Waals surface area contributed by atoms with Gasteiger partial charge in [0.1, 0.15) is 10.9 Å². The number of aromatic nitrogens is 1. The molecule has 2 aromatic rings. The van der Waals surface area contributed by atoms with Crippen LogP contribution in [0.4, 0.5) is 11.4 Å². The molecule has 0 saturated heterocycles. The van der Waals surface area contributed by atoms with Crippen LogP contribution in [0.25, 0.3) is 0 Å². The molecule has 0 radical (unpaired) electrons. The Morgan fingerprint density at radius 1 is 1.24 bits per heavy atom. The number of primary amides is 1. The molecule has 0 saturated carbocycles. The number of aryl methyl sites for hydroxylation is 1. The second-order valence-electron chi connectivity index (χ2n) is 7.71. The standard InChI is InChI=1S/C20H27N5O3S/c1-6-12-9-7-8-10-13(12)25(11(2)18(27)23-20(3,4)5)19(28)16-14(21)15(17(22)26)24-29-16/h7-11H,6,21H2,1-5H3,(H2,22,26)(H,23,27)/t11-/m1/s1. The summed E-state index contributed by atoms with van der Waals surface area (Å²) in [6.45, 7) is 9.21. The number of nitrogen functional groups attached to an aromatic ring is 1. The third-order valence-electron chi connectivity index (χ3n) is 4.27. The Morgan fingerprint density at radius 3 is 2.38 bits per heavy atom. The van der Waals surface area contributed by atoms with Crippen molar-refractivity contribution >= 4 is 40.6 Å². The van der Waals surface area contributed by atoms with Gasteiger partial charge in [0.2, 0.25) is 5.91 Å². The molecule has 0 unspecified atom stereocenters. The fourth-order valence-corrected chi connectivity index (χ4v) is 3.61. The van der Waals surface area contributed by atoms with Crippen LogP contribution in [0.5, 0.6) is 0 Å². The number of nitrogens with two attached hydrogens (primary N) is 2. The van der Waals surface area contributed by atoms with Crippen molar-refractivity contribution in [2.75, 3.05) is 10.6 Å². The molecule has 1 aromatic carbocycles. The Morgan fingerprint density at radius 2 is 1.86 bits per heavy atom. The molecule has 0 bridgehead atoms. The second-order valence-corrected chi connectivity index (χ2v) is 8.48. The zero-order valence-corrected chi connectivity index (χ0v) is 18.1. The van der Waals surface area contributed by atoms with Crippen LogP contribution in [0.15, 0.2) is 24.3 Å². The predicted octanol–water partition coefficient (Wildman–Crippen LogP) is 2.34. The van der Waals surface area contributed by atoms with E-state index in [0.29, 0.717) is 12.1 Å². The minimum atomic E-state index is -0.826. The summed E-state index contributed by atoms with van der Waals surface area (Å²) in [5.41, 5.74) is 12.1. The number of carbonyl (C=O) groups excluding carboxylic acids is 3. The number of nitrogens with one attached hydrogen (secondary N) is 1. The summed E-state index contributed by atoms with van der Waals surface area (Å²) in [6.07, 6.45) is 0.665. The normalized spacial score (nSPS) is 12.3. The molecular formula is C20H27N5O3S. The van der Waals surface area contributed by atoms with Crippen molar-refractivity contribution < 1.29 is 14.4 Å². The largest absolute Gasteiger partial charge is 0.395 e. The molecule has 1 heterocycles. The van der Waals surface area contributed by atoms with Gasteiger partial charge in [0.05, 0.1) is 5.69 Å². The first-order valence-electron chi connectivity index (χ1n) is 9.26. The maximum Gasteiger partial charge on any atom is 0.272 e. The molecular weight excluding hydrogens is 390 g/mol. The van der Waals surface area contributed by atoms with Gasteiger partial charge < -0.3 is 16.8 Å². The number of hydrogen-bond donors (Lipinski definition) is 3. The Hall–Kier alpha value is -2.94. The van der Waals surface area contributed by atoms with Crippen LogP contribution in [0.1, 0.15) is 60.3 Å². The molecule has 3 amide bonds. The third kappa shape index (κ3) is 4.92. The van der Waals surface area contributed by atoms with E-state index < -0.39 is 23.4 Å². The monoisotopic (exact) mass is 417 g/mol. The number of anilines is 2. The van der Waals surface area contributed by atoms with Crippen molar-refractivity contribution in [3.63, 3.8) is 0 Å². The highest BCUT2D eigenvalue weighted by Crippen LogP contribution is 2.30. The van der Waals surface area contributed by atoms with E-state index in [1.54, 1.807) is 19.1 Å². The average molecular weight is 418 g/mol. The van der Waals surface area contributed by atoms with Crippen LogP contribution in [0.3, 0.4) is 0 Å². The topological polar surface area (TPSA) is 131 Å². The maximum atomic E-state index is 13.5. The Bertz CT molecular complexity index is 932. The van der Waals surface area contributed by atoms with E-state index in [2.05, 4.69) is 9.69 Å². The second kappa shape index (κ2) is 8.60. The number of rotatable bonds is 6. The third-order valence-corrected chi connectivity index (χ3v) is 5.12. The van der Waals surface area contributed by atoms with E-state index in [1.165, 1.54) is 4.90 Å². The van der Waals surface area contributed by atoms with Crippen molar-refractivity contribution in [3.05, 3.63) is 40.4 Å². The Labute approximate surface area is 174 Å². The summed E-state index contributed by atoms with van der Waals surface area (Å²) in [5, 5.41) is 2.90. The van der Waals surface area contributed by atoms with Crippen LogP contribution in [-0.2, 0) is 11.2 Å². The van der Waals surface area contributed by atoms with Crippen molar-refractivity contribution in [2.24, 2.45) is 5.73 Å². The van der Waals surface area contributed by atoms with E-state index in [0.717, 1.165) is 17.1 Å². The number of nitrogens with zero attached hydrogens (tertiary/aromatic N) is 2. The van der Waals surface area contributed by atoms with Gasteiger partial charge in [0, 0.05) is 11.2 Å². The lowest BCUT2D eigenvalue weighted by atomic mass is 10.1. The lowest BCUT2D eigenvalue weighted by molar-refractivity contribution is -0.123. The highest BCUT2D eigenvalue weighted by atomic mass is 32.1. The van der Waals surface area contributed by atoms with Crippen molar-refractivity contribution in [1.82, 2.24) is 9.69 Å². The minimum Gasteiger partial charge on any atom is -0.395 e. The summed E-state index contributed by atoms with van der Waals surface area (Å²) in [6, 6.07) is 6.53. The van der Waals surface area contributed by atoms with E-state index in [1.807, 2.05) is 39.8 Å². The molecule has 2 rings (SSSR count). The average Bonchev–Trinajstić information content (AvgIpc) is 3.02.